The van der Waals surface area contributed by atoms with E-state index in [0.717, 1.165) is 11.3 Å². The third kappa shape index (κ3) is 3.58. The van der Waals surface area contributed by atoms with Gasteiger partial charge in [0.2, 0.25) is 11.8 Å². The molecule has 1 aliphatic rings. The van der Waals surface area contributed by atoms with E-state index in [0.29, 0.717) is 22.2 Å². The molecule has 8 heteroatoms. The van der Waals surface area contributed by atoms with Crippen LogP contribution in [-0.2, 0) is 9.59 Å². The highest BCUT2D eigenvalue weighted by Crippen LogP contribution is 2.36. The molecule has 0 unspecified atom stereocenters. The number of aromatic nitrogens is 1. The van der Waals surface area contributed by atoms with Crippen molar-refractivity contribution in [2.24, 2.45) is 17.3 Å². The summed E-state index contributed by atoms with van der Waals surface area (Å²) in [6.45, 7) is 8.25. The molecule has 24 heavy (non-hydrogen) atoms. The van der Waals surface area contributed by atoms with Gasteiger partial charge < -0.3 is 15.5 Å². The van der Waals surface area contributed by atoms with Gasteiger partial charge in [0.15, 0.2) is 5.13 Å². The van der Waals surface area contributed by atoms with E-state index >= 15 is 0 Å². The number of nitrogens with zero attached hydrogens (tertiary/aromatic N) is 2. The normalized spacial score (nSPS) is 20.7. The first-order chi connectivity index (χ1) is 11.0. The Balaban J connectivity index is 2.19. The molecule has 2 heterocycles. The van der Waals surface area contributed by atoms with Crippen molar-refractivity contribution >= 4 is 34.2 Å². The molecule has 1 aromatic heterocycles. The number of carbonyl (C=O) groups is 3. The van der Waals surface area contributed by atoms with E-state index in [1.165, 1.54) is 4.90 Å². The Kier molecular flexibility index (Phi) is 4.98. The lowest BCUT2D eigenvalue weighted by Crippen LogP contribution is -2.37. The van der Waals surface area contributed by atoms with Gasteiger partial charge in [-0.05, 0) is 12.3 Å². The molecule has 2 atom stereocenters. The van der Waals surface area contributed by atoms with Crippen molar-refractivity contribution < 1.29 is 14.4 Å². The van der Waals surface area contributed by atoms with Crippen LogP contribution in [-0.4, -0.2) is 48.2 Å². The molecule has 2 N–H and O–H groups in total. The topological polar surface area (TPSA) is 91.4 Å². The Bertz CT molecular complexity index is 675. The molecular weight excluding hydrogens is 328 g/mol. The standard InChI is InChI=1S/C16H24N4O3S/c1-8-11(14(23)20(5)6)24-15(18-8)19-13(22)10-9(16(2,3)4)7-17-12(10)21/h9-10H,7H2,1-6H3,(H,17,21)(H,18,19,22)/t9-,10+/m1/s1. The largest absolute Gasteiger partial charge is 0.355 e. The second kappa shape index (κ2) is 6.51. The summed E-state index contributed by atoms with van der Waals surface area (Å²) in [5.41, 5.74) is 0.392. The number of hydrogen-bond donors (Lipinski definition) is 2. The summed E-state index contributed by atoms with van der Waals surface area (Å²) < 4.78 is 0. The average molecular weight is 352 g/mol. The fourth-order valence-electron chi connectivity index (χ4n) is 2.76. The Morgan fingerprint density at radius 3 is 2.50 bits per heavy atom. The van der Waals surface area contributed by atoms with Crippen LogP contribution in [0.5, 0.6) is 0 Å². The maximum absolute atomic E-state index is 12.6. The predicted octanol–water partition coefficient (Wildman–Crippen LogP) is 1.50. The van der Waals surface area contributed by atoms with Gasteiger partial charge in [0, 0.05) is 26.6 Å². The van der Waals surface area contributed by atoms with Gasteiger partial charge >= 0.3 is 0 Å². The first kappa shape index (κ1) is 18.4. The van der Waals surface area contributed by atoms with E-state index < -0.39 is 5.92 Å². The maximum Gasteiger partial charge on any atom is 0.265 e. The monoisotopic (exact) mass is 352 g/mol. The highest BCUT2D eigenvalue weighted by molar-refractivity contribution is 7.17. The fraction of sp³-hybridized carbons (Fsp3) is 0.625. The van der Waals surface area contributed by atoms with Crippen molar-refractivity contribution in [1.29, 1.82) is 0 Å². The average Bonchev–Trinajstić information content (AvgIpc) is 3.00. The Labute approximate surface area is 145 Å². The molecule has 0 radical (unpaired) electrons. The summed E-state index contributed by atoms with van der Waals surface area (Å²) in [6.07, 6.45) is 0. The van der Waals surface area contributed by atoms with E-state index in [-0.39, 0.29) is 29.1 Å². The van der Waals surface area contributed by atoms with Crippen LogP contribution in [0.1, 0.15) is 36.1 Å². The molecule has 0 saturated carbocycles. The lowest BCUT2D eigenvalue weighted by atomic mass is 9.74. The zero-order valence-electron chi connectivity index (χ0n) is 14.9. The SMILES string of the molecule is Cc1nc(NC(=O)[C@@H]2C(=O)NC[C@H]2C(C)(C)C)sc1C(=O)N(C)C. The zero-order chi connectivity index (χ0) is 18.2. The van der Waals surface area contributed by atoms with E-state index in [1.807, 2.05) is 20.8 Å². The van der Waals surface area contributed by atoms with Crippen molar-refractivity contribution in [3.63, 3.8) is 0 Å². The first-order valence-electron chi connectivity index (χ1n) is 7.80. The zero-order valence-corrected chi connectivity index (χ0v) is 15.7. The van der Waals surface area contributed by atoms with Gasteiger partial charge in [-0.3, -0.25) is 14.4 Å². The molecule has 3 amide bonds. The fourth-order valence-corrected chi connectivity index (χ4v) is 3.75. The molecule has 0 aromatic carbocycles. The quantitative estimate of drug-likeness (QED) is 0.807. The number of carbonyl (C=O) groups excluding carboxylic acids is 3. The van der Waals surface area contributed by atoms with Crippen LogP contribution in [0.2, 0.25) is 0 Å². The van der Waals surface area contributed by atoms with Gasteiger partial charge in [-0.25, -0.2) is 4.98 Å². The highest BCUT2D eigenvalue weighted by atomic mass is 32.1. The summed E-state index contributed by atoms with van der Waals surface area (Å²) in [6, 6.07) is 0. The van der Waals surface area contributed by atoms with Gasteiger partial charge in [0.1, 0.15) is 10.8 Å². The minimum Gasteiger partial charge on any atom is -0.355 e. The number of thiazole rings is 1. The van der Waals surface area contributed by atoms with Crippen LogP contribution < -0.4 is 10.6 Å². The lowest BCUT2D eigenvalue weighted by Gasteiger charge is -2.29. The van der Waals surface area contributed by atoms with E-state index in [1.54, 1.807) is 21.0 Å². The van der Waals surface area contributed by atoms with Crippen LogP contribution >= 0.6 is 11.3 Å². The summed E-state index contributed by atoms with van der Waals surface area (Å²) in [4.78, 5) is 43.0. The van der Waals surface area contributed by atoms with Crippen LogP contribution in [0.4, 0.5) is 5.13 Å². The van der Waals surface area contributed by atoms with Gasteiger partial charge in [-0.2, -0.15) is 0 Å². The molecular formula is C16H24N4O3S. The molecule has 1 aliphatic heterocycles. The molecule has 0 bridgehead atoms. The maximum atomic E-state index is 12.6. The third-order valence-electron chi connectivity index (χ3n) is 4.20. The Morgan fingerprint density at radius 1 is 1.33 bits per heavy atom. The molecule has 1 saturated heterocycles. The van der Waals surface area contributed by atoms with Gasteiger partial charge in [0.05, 0.1) is 5.69 Å². The molecule has 132 valence electrons. The van der Waals surface area contributed by atoms with Crippen LogP contribution in [0.3, 0.4) is 0 Å². The van der Waals surface area contributed by atoms with E-state index in [9.17, 15) is 14.4 Å². The Hall–Kier alpha value is -1.96. The predicted molar refractivity (Wildman–Crippen MR) is 92.9 cm³/mol. The highest BCUT2D eigenvalue weighted by Gasteiger charge is 2.45. The van der Waals surface area contributed by atoms with E-state index in [2.05, 4.69) is 15.6 Å². The summed E-state index contributed by atoms with van der Waals surface area (Å²) in [5.74, 6) is -1.62. The first-order valence-corrected chi connectivity index (χ1v) is 8.61. The van der Waals surface area contributed by atoms with E-state index in [4.69, 9.17) is 0 Å². The summed E-state index contributed by atoms with van der Waals surface area (Å²) >= 11 is 1.13. The molecule has 0 spiro atoms. The summed E-state index contributed by atoms with van der Waals surface area (Å²) in [5, 5.41) is 5.82. The number of nitrogens with one attached hydrogen (secondary N) is 2. The number of anilines is 1. The third-order valence-corrected chi connectivity index (χ3v) is 5.26. The van der Waals surface area contributed by atoms with Gasteiger partial charge in [-0.1, -0.05) is 32.1 Å². The molecule has 2 rings (SSSR count). The van der Waals surface area contributed by atoms with Crippen molar-refractivity contribution in [3.8, 4) is 0 Å². The number of aryl methyl sites for hydroxylation is 1. The number of rotatable bonds is 3. The second-order valence-electron chi connectivity index (χ2n) is 7.32. The van der Waals surface area contributed by atoms with Crippen LogP contribution in [0, 0.1) is 24.2 Å². The molecule has 1 aromatic rings. The summed E-state index contributed by atoms with van der Waals surface area (Å²) in [7, 11) is 3.33. The lowest BCUT2D eigenvalue weighted by molar-refractivity contribution is -0.132. The second-order valence-corrected chi connectivity index (χ2v) is 8.32. The molecule has 0 aliphatic carbocycles. The smallest absolute Gasteiger partial charge is 0.265 e. The van der Waals surface area contributed by atoms with Crippen LogP contribution in [0.25, 0.3) is 0 Å². The van der Waals surface area contributed by atoms with Crippen molar-refractivity contribution in [1.82, 2.24) is 15.2 Å². The Morgan fingerprint density at radius 2 is 1.96 bits per heavy atom. The van der Waals surface area contributed by atoms with Crippen molar-refractivity contribution in [3.05, 3.63) is 10.6 Å². The van der Waals surface area contributed by atoms with Crippen LogP contribution in [0.15, 0.2) is 0 Å². The minimum atomic E-state index is -0.748. The van der Waals surface area contributed by atoms with Crippen molar-refractivity contribution in [2.45, 2.75) is 27.7 Å². The molecule has 7 nitrogen and oxygen atoms in total. The molecule has 1 fully saturated rings. The number of hydrogen-bond acceptors (Lipinski definition) is 5. The van der Waals surface area contributed by atoms with Gasteiger partial charge in [0.25, 0.3) is 5.91 Å². The number of amides is 3. The minimum absolute atomic E-state index is 0.0889. The van der Waals surface area contributed by atoms with Gasteiger partial charge in [-0.15, -0.1) is 0 Å². The van der Waals surface area contributed by atoms with Crippen molar-refractivity contribution in [2.75, 3.05) is 26.0 Å².